The van der Waals surface area contributed by atoms with Crippen LogP contribution in [0.2, 0.25) is 0 Å². The van der Waals surface area contributed by atoms with Gasteiger partial charge in [-0.3, -0.25) is 0 Å². The van der Waals surface area contributed by atoms with Gasteiger partial charge in [-0.1, -0.05) is 5.11 Å². The molecule has 5 nitrogen and oxygen atoms in total. The van der Waals surface area contributed by atoms with Gasteiger partial charge < -0.3 is 9.47 Å². The fourth-order valence-corrected chi connectivity index (χ4v) is 1.70. The minimum Gasteiger partial charge on any atom is -0.378 e. The number of azide groups is 1. The van der Waals surface area contributed by atoms with Crippen molar-refractivity contribution in [2.75, 3.05) is 6.61 Å². The first-order chi connectivity index (χ1) is 5.33. The Morgan fingerprint density at radius 3 is 2.91 bits per heavy atom. The molecule has 0 unspecified atom stereocenters. The van der Waals surface area contributed by atoms with Crippen molar-refractivity contribution < 1.29 is 9.47 Å². The van der Waals surface area contributed by atoms with Gasteiger partial charge in [0.15, 0.2) is 0 Å². The van der Waals surface area contributed by atoms with Gasteiger partial charge in [-0.2, -0.15) is 0 Å². The molecule has 0 spiro atoms. The van der Waals surface area contributed by atoms with E-state index in [0.29, 0.717) is 6.61 Å². The zero-order chi connectivity index (χ0) is 7.84. The van der Waals surface area contributed by atoms with Crippen molar-refractivity contribution in [3.8, 4) is 0 Å². The number of hydrogen-bond donors (Lipinski definition) is 0. The molecule has 2 aliphatic rings. The largest absolute Gasteiger partial charge is 0.378 e. The number of ether oxygens (including phenoxy) is 2. The molecule has 0 saturated carbocycles. The molecule has 0 amide bonds. The van der Waals surface area contributed by atoms with E-state index in [4.69, 9.17) is 15.0 Å². The van der Waals surface area contributed by atoms with Crippen LogP contribution in [0.3, 0.4) is 0 Å². The van der Waals surface area contributed by atoms with Crippen molar-refractivity contribution in [3.63, 3.8) is 0 Å². The van der Waals surface area contributed by atoms with E-state index in [2.05, 4.69) is 10.0 Å². The van der Waals surface area contributed by atoms with E-state index >= 15 is 0 Å². The molecule has 2 bridgehead atoms. The first-order valence-corrected chi connectivity index (χ1v) is 3.64. The number of rotatable bonds is 1. The van der Waals surface area contributed by atoms with Crippen LogP contribution in [-0.4, -0.2) is 38.7 Å². The van der Waals surface area contributed by atoms with E-state index in [1.54, 1.807) is 0 Å². The lowest BCUT2D eigenvalue weighted by molar-refractivity contribution is -0.0577. The maximum absolute atomic E-state index is 8.22. The molecule has 6 heteroatoms. The van der Waals surface area contributed by atoms with E-state index in [1.165, 1.54) is 0 Å². The second-order valence-electron chi connectivity index (χ2n) is 2.87. The van der Waals surface area contributed by atoms with Crippen molar-refractivity contribution in [2.24, 2.45) is 5.11 Å². The van der Waals surface area contributed by atoms with Crippen LogP contribution in [0.1, 0.15) is 0 Å². The van der Waals surface area contributed by atoms with Gasteiger partial charge in [-0.15, -0.1) is 0 Å². The topological polar surface area (TPSA) is 67.2 Å². The standard InChI is InChI=1S/C5H8BN3O2/c6-5-4-3(8-9-7)2(11-5)1-10-4/h2-5H,1,6H2/t2-,3+,4+,5+/m0/s1. The summed E-state index contributed by atoms with van der Waals surface area (Å²) in [5, 5.41) is 3.63. The third-order valence-electron chi connectivity index (χ3n) is 2.21. The summed E-state index contributed by atoms with van der Waals surface area (Å²) in [7, 11) is 1.93. The number of nitrogens with zero attached hydrogens (tertiary/aromatic N) is 3. The number of fused-ring (bicyclic) bond motifs is 2. The molecule has 0 radical (unpaired) electrons. The Balaban J connectivity index is 2.18. The van der Waals surface area contributed by atoms with Crippen LogP contribution < -0.4 is 0 Å². The lowest BCUT2D eigenvalue weighted by Crippen LogP contribution is -2.29. The van der Waals surface area contributed by atoms with Crippen LogP contribution >= 0.6 is 0 Å². The Morgan fingerprint density at radius 1 is 1.64 bits per heavy atom. The van der Waals surface area contributed by atoms with Gasteiger partial charge in [0.2, 0.25) is 0 Å². The highest BCUT2D eigenvalue weighted by Crippen LogP contribution is 2.31. The SMILES string of the molecule is B[C@@H]1O[C@H]2CO[C@@H]1[C@@H]2N=[N+]=[N-]. The van der Waals surface area contributed by atoms with Gasteiger partial charge in [0.25, 0.3) is 0 Å². The maximum Gasteiger partial charge on any atom is 0.142 e. The quantitative estimate of drug-likeness (QED) is 0.219. The summed E-state index contributed by atoms with van der Waals surface area (Å²) in [6, 6.07) is -0.0285. The molecular formula is C5H8BN3O2. The zero-order valence-corrected chi connectivity index (χ0v) is 6.17. The van der Waals surface area contributed by atoms with Crippen LogP contribution in [0.25, 0.3) is 10.4 Å². The van der Waals surface area contributed by atoms with Crippen LogP contribution in [0.5, 0.6) is 0 Å². The maximum atomic E-state index is 8.22. The molecule has 2 saturated heterocycles. The molecule has 0 aromatic carbocycles. The van der Waals surface area contributed by atoms with Crippen LogP contribution in [0, 0.1) is 0 Å². The monoisotopic (exact) mass is 153 g/mol. The first kappa shape index (κ1) is 6.97. The minimum atomic E-state index is -0.102. The summed E-state index contributed by atoms with van der Waals surface area (Å²) in [6.07, 6.45) is -0.0261. The molecule has 4 atom stereocenters. The van der Waals surface area contributed by atoms with Crippen molar-refractivity contribution in [3.05, 3.63) is 10.4 Å². The molecule has 0 N–H and O–H groups in total. The summed E-state index contributed by atoms with van der Waals surface area (Å²) in [4.78, 5) is 2.76. The second kappa shape index (κ2) is 2.41. The third-order valence-corrected chi connectivity index (χ3v) is 2.21. The smallest absolute Gasteiger partial charge is 0.142 e. The van der Waals surface area contributed by atoms with Crippen molar-refractivity contribution >= 4 is 7.85 Å². The van der Waals surface area contributed by atoms with Gasteiger partial charge in [0.05, 0.1) is 30.9 Å². The highest BCUT2D eigenvalue weighted by atomic mass is 16.6. The van der Waals surface area contributed by atoms with Gasteiger partial charge in [0.1, 0.15) is 7.85 Å². The van der Waals surface area contributed by atoms with Crippen molar-refractivity contribution in [2.45, 2.75) is 24.3 Å². The molecule has 58 valence electrons. The van der Waals surface area contributed by atoms with E-state index < -0.39 is 0 Å². The molecule has 2 heterocycles. The first-order valence-electron chi connectivity index (χ1n) is 3.64. The Hall–Kier alpha value is -0.705. The van der Waals surface area contributed by atoms with Crippen LogP contribution in [0.4, 0.5) is 0 Å². The summed E-state index contributed by atoms with van der Waals surface area (Å²) in [5.41, 5.74) is 8.22. The molecule has 0 aromatic rings. The lowest BCUT2D eigenvalue weighted by atomic mass is 9.93. The molecule has 0 aromatic heterocycles. The summed E-state index contributed by atoms with van der Waals surface area (Å²) < 4.78 is 10.8. The van der Waals surface area contributed by atoms with Crippen LogP contribution in [-0.2, 0) is 9.47 Å². The molecular weight excluding hydrogens is 145 g/mol. The number of hydrogen-bond acceptors (Lipinski definition) is 3. The normalized spacial score (nSPS) is 47.3. The van der Waals surface area contributed by atoms with E-state index in [9.17, 15) is 0 Å². The van der Waals surface area contributed by atoms with Gasteiger partial charge in [-0.05, 0) is 5.53 Å². The molecule has 2 aliphatic heterocycles. The lowest BCUT2D eigenvalue weighted by Gasteiger charge is -2.17. The zero-order valence-electron chi connectivity index (χ0n) is 6.17. The second-order valence-corrected chi connectivity index (χ2v) is 2.87. The average molecular weight is 153 g/mol. The van der Waals surface area contributed by atoms with E-state index in [-0.39, 0.29) is 24.3 Å². The Kier molecular flexibility index (Phi) is 1.53. The fraction of sp³-hybridized carbons (Fsp3) is 1.00. The van der Waals surface area contributed by atoms with Crippen LogP contribution in [0.15, 0.2) is 5.11 Å². The average Bonchev–Trinajstić information content (AvgIpc) is 2.46. The molecule has 2 fully saturated rings. The summed E-state index contributed by atoms with van der Waals surface area (Å²) >= 11 is 0. The highest BCUT2D eigenvalue weighted by molar-refractivity contribution is 6.11. The predicted molar refractivity (Wildman–Crippen MR) is 39.9 cm³/mol. The van der Waals surface area contributed by atoms with Gasteiger partial charge >= 0.3 is 0 Å². The van der Waals surface area contributed by atoms with Gasteiger partial charge in [-0.25, -0.2) is 0 Å². The third kappa shape index (κ3) is 0.912. The van der Waals surface area contributed by atoms with E-state index in [0.717, 1.165) is 0 Å². The fourth-order valence-electron chi connectivity index (χ4n) is 1.70. The van der Waals surface area contributed by atoms with Crippen molar-refractivity contribution in [1.82, 2.24) is 0 Å². The van der Waals surface area contributed by atoms with Crippen molar-refractivity contribution in [1.29, 1.82) is 0 Å². The Morgan fingerprint density at radius 2 is 2.45 bits per heavy atom. The highest BCUT2D eigenvalue weighted by Gasteiger charge is 2.48. The van der Waals surface area contributed by atoms with Gasteiger partial charge in [0, 0.05) is 4.91 Å². The molecule has 0 aliphatic carbocycles. The van der Waals surface area contributed by atoms with E-state index in [1.807, 2.05) is 7.85 Å². The molecule has 11 heavy (non-hydrogen) atoms. The Bertz CT molecular complexity index is 218. The Labute approximate surface area is 64.7 Å². The molecule has 2 rings (SSSR count). The summed E-state index contributed by atoms with van der Waals surface area (Å²) in [5.74, 6) is 0. The predicted octanol–water partition coefficient (Wildman–Crippen LogP) is -0.578. The summed E-state index contributed by atoms with van der Waals surface area (Å²) in [6.45, 7) is 0.568. The minimum absolute atomic E-state index is 0.00843.